The summed E-state index contributed by atoms with van der Waals surface area (Å²) in [6, 6.07) is 16.1. The van der Waals surface area contributed by atoms with Gasteiger partial charge < -0.3 is 15.8 Å². The number of hydrogen-bond acceptors (Lipinski definition) is 8. The van der Waals surface area contributed by atoms with Crippen LogP contribution >= 0.6 is 0 Å². The van der Waals surface area contributed by atoms with Crippen molar-refractivity contribution in [2.24, 2.45) is 0 Å². The third kappa shape index (κ3) is 4.44. The Morgan fingerprint density at radius 2 is 1.78 bits per heavy atom. The van der Waals surface area contributed by atoms with E-state index < -0.39 is 11.7 Å². The van der Waals surface area contributed by atoms with Crippen LogP contribution < -0.4 is 15.8 Å². The molecular weight excluding hydrogens is 463 g/mol. The van der Waals surface area contributed by atoms with Crippen LogP contribution in [-0.2, 0) is 4.79 Å². The topological polar surface area (TPSA) is 133 Å². The van der Waals surface area contributed by atoms with E-state index in [0.29, 0.717) is 28.2 Å². The zero-order valence-corrected chi connectivity index (χ0v) is 19.0. The number of benzene rings is 2. The number of rotatable bonds is 6. The van der Waals surface area contributed by atoms with Crippen LogP contribution in [0.3, 0.4) is 0 Å². The summed E-state index contributed by atoms with van der Waals surface area (Å²) in [6.45, 7) is 4.85. The summed E-state index contributed by atoms with van der Waals surface area (Å²) in [7, 11) is 0. The van der Waals surface area contributed by atoms with E-state index in [1.807, 2.05) is 19.1 Å². The van der Waals surface area contributed by atoms with Crippen LogP contribution in [0.15, 0.2) is 79.5 Å². The molecule has 2 aromatic carbocycles. The van der Waals surface area contributed by atoms with Crippen molar-refractivity contribution in [2.45, 2.75) is 6.92 Å². The molecule has 10 nitrogen and oxygen atoms in total. The van der Waals surface area contributed by atoms with Crippen molar-refractivity contribution in [1.29, 1.82) is 0 Å². The number of amides is 1. The first-order valence-electron chi connectivity index (χ1n) is 10.7. The fourth-order valence-corrected chi connectivity index (χ4v) is 3.58. The molecule has 3 N–H and O–H groups in total. The Kier molecular flexibility index (Phi) is 5.79. The van der Waals surface area contributed by atoms with Crippen molar-refractivity contribution in [2.75, 3.05) is 11.1 Å². The van der Waals surface area contributed by atoms with Crippen molar-refractivity contribution in [1.82, 2.24) is 29.8 Å². The van der Waals surface area contributed by atoms with Crippen molar-refractivity contribution < 1.29 is 13.9 Å². The van der Waals surface area contributed by atoms with Gasteiger partial charge in [-0.05, 0) is 42.8 Å². The first-order valence-corrected chi connectivity index (χ1v) is 10.7. The fourth-order valence-electron chi connectivity index (χ4n) is 3.58. The van der Waals surface area contributed by atoms with Crippen LogP contribution in [-0.4, -0.2) is 35.7 Å². The Labute approximate surface area is 204 Å². The molecule has 3 aromatic heterocycles. The number of carbonyl (C=O) groups is 1. The van der Waals surface area contributed by atoms with Crippen molar-refractivity contribution in [3.05, 3.63) is 85.2 Å². The van der Waals surface area contributed by atoms with Gasteiger partial charge in [0.2, 0.25) is 0 Å². The lowest BCUT2D eigenvalue weighted by Crippen LogP contribution is -2.10. The number of fused-ring (bicyclic) bond motifs is 1. The van der Waals surface area contributed by atoms with Crippen LogP contribution in [0.2, 0.25) is 0 Å². The van der Waals surface area contributed by atoms with Gasteiger partial charge >= 0.3 is 6.01 Å². The Morgan fingerprint density at radius 3 is 2.47 bits per heavy atom. The summed E-state index contributed by atoms with van der Waals surface area (Å²) in [5.74, 6) is -1.16. The molecule has 0 aliphatic carbocycles. The zero-order chi connectivity index (χ0) is 25.2. The summed E-state index contributed by atoms with van der Waals surface area (Å²) >= 11 is 0. The predicted octanol–water partition coefficient (Wildman–Crippen LogP) is 4.35. The number of anilines is 2. The van der Waals surface area contributed by atoms with Crippen LogP contribution in [0.4, 0.5) is 15.9 Å². The van der Waals surface area contributed by atoms with E-state index in [0.717, 1.165) is 16.8 Å². The van der Waals surface area contributed by atoms with Crippen molar-refractivity contribution in [3.63, 3.8) is 0 Å². The van der Waals surface area contributed by atoms with Gasteiger partial charge in [-0.1, -0.05) is 30.8 Å². The highest BCUT2D eigenvalue weighted by Gasteiger charge is 2.20. The number of carbonyl (C=O) groups excluding carboxylic acids is 1. The molecule has 5 aromatic rings. The fraction of sp³-hybridized carbons (Fsp3) is 0.0400. The zero-order valence-electron chi connectivity index (χ0n) is 19.0. The minimum atomic E-state index is -1.07. The number of aryl methyl sites for hydroxylation is 1. The van der Waals surface area contributed by atoms with E-state index in [4.69, 9.17) is 10.5 Å². The minimum Gasteiger partial charge on any atom is -0.424 e. The van der Waals surface area contributed by atoms with Crippen molar-refractivity contribution >= 4 is 22.9 Å². The van der Waals surface area contributed by atoms with Gasteiger partial charge in [0.05, 0.1) is 0 Å². The number of aromatic nitrogens is 6. The van der Waals surface area contributed by atoms with Crippen molar-refractivity contribution in [3.8, 4) is 34.1 Å². The first-order chi connectivity index (χ1) is 17.4. The number of hydrogen-bond donors (Lipinski definition) is 2. The lowest BCUT2D eigenvalue weighted by molar-refractivity contribution is -0.114. The molecule has 0 spiro atoms. The maximum atomic E-state index is 13.0. The van der Waals surface area contributed by atoms with Crippen LogP contribution in [0.5, 0.6) is 11.8 Å². The summed E-state index contributed by atoms with van der Waals surface area (Å²) in [4.78, 5) is 24.1. The van der Waals surface area contributed by atoms with Gasteiger partial charge in [0.25, 0.3) is 5.91 Å². The summed E-state index contributed by atoms with van der Waals surface area (Å²) in [5, 5.41) is 11.2. The van der Waals surface area contributed by atoms with E-state index >= 15 is 0 Å². The molecule has 11 heteroatoms. The van der Waals surface area contributed by atoms with Gasteiger partial charge in [0.15, 0.2) is 11.6 Å². The third-order valence-corrected chi connectivity index (χ3v) is 5.26. The van der Waals surface area contributed by atoms with E-state index in [2.05, 4.69) is 37.0 Å². The highest BCUT2D eigenvalue weighted by Crippen LogP contribution is 2.37. The number of nitrogens with two attached hydrogens (primary N) is 1. The van der Waals surface area contributed by atoms with E-state index in [9.17, 15) is 9.18 Å². The molecule has 3 heterocycles. The molecule has 0 atom stereocenters. The average Bonchev–Trinajstić information content (AvgIpc) is 3.26. The highest BCUT2D eigenvalue weighted by atomic mass is 19.1. The van der Waals surface area contributed by atoms with Gasteiger partial charge in [0, 0.05) is 28.7 Å². The van der Waals surface area contributed by atoms with Gasteiger partial charge in [-0.15, -0.1) is 14.8 Å². The largest absolute Gasteiger partial charge is 0.424 e. The minimum absolute atomic E-state index is 0.251. The van der Waals surface area contributed by atoms with Gasteiger partial charge in [0.1, 0.15) is 23.3 Å². The molecule has 0 saturated heterocycles. The van der Waals surface area contributed by atoms with E-state index in [1.165, 1.54) is 11.0 Å². The van der Waals surface area contributed by atoms with E-state index in [-0.39, 0.29) is 11.8 Å². The molecule has 0 radical (unpaired) electrons. The van der Waals surface area contributed by atoms with Gasteiger partial charge in [-0.2, -0.15) is 0 Å². The summed E-state index contributed by atoms with van der Waals surface area (Å²) in [5.41, 5.74) is 10.8. The predicted molar refractivity (Wildman–Crippen MR) is 132 cm³/mol. The molecule has 0 saturated carbocycles. The second-order valence-electron chi connectivity index (χ2n) is 7.75. The lowest BCUT2D eigenvalue weighted by atomic mass is 9.99. The standard InChI is InChI=1S/C25H19FN8O2/c1-14-11-12-28-25(31-14)36-19-9-5-16(6-10-19)20-21(33-34-22(20)23(27)29-13-30-34)17-3-7-18(8-4-17)32-24(35)15(2)26/h3-13H,2H2,1H3,(H,32,35)(H2,27,29,30). The molecule has 5 rings (SSSR count). The lowest BCUT2D eigenvalue weighted by Gasteiger charge is -2.08. The van der Waals surface area contributed by atoms with Crippen LogP contribution in [0.25, 0.3) is 27.9 Å². The Morgan fingerprint density at radius 1 is 1.06 bits per heavy atom. The third-order valence-electron chi connectivity index (χ3n) is 5.26. The van der Waals surface area contributed by atoms with Gasteiger partial charge in [-0.25, -0.2) is 19.3 Å². The maximum Gasteiger partial charge on any atom is 0.322 e. The van der Waals surface area contributed by atoms with E-state index in [1.54, 1.807) is 48.7 Å². The second kappa shape index (κ2) is 9.22. The Balaban J connectivity index is 1.53. The Bertz CT molecular complexity index is 1600. The number of ether oxygens (including phenoxy) is 1. The van der Waals surface area contributed by atoms with Gasteiger partial charge in [-0.3, -0.25) is 4.79 Å². The average molecular weight is 482 g/mol. The molecule has 0 bridgehead atoms. The monoisotopic (exact) mass is 482 g/mol. The molecule has 1 amide bonds. The number of nitrogen functional groups attached to an aromatic ring is 1. The first kappa shape index (κ1) is 22.6. The number of halogens is 1. The molecule has 0 aliphatic heterocycles. The van der Waals surface area contributed by atoms with Crippen LogP contribution in [0.1, 0.15) is 5.69 Å². The molecule has 0 unspecified atom stereocenters. The number of nitrogens with zero attached hydrogens (tertiary/aromatic N) is 6. The summed E-state index contributed by atoms with van der Waals surface area (Å²) in [6.07, 6.45) is 2.95. The smallest absolute Gasteiger partial charge is 0.322 e. The van der Waals surface area contributed by atoms with Crippen LogP contribution in [0, 0.1) is 6.92 Å². The quantitative estimate of drug-likeness (QED) is 0.341. The second-order valence-corrected chi connectivity index (χ2v) is 7.75. The molecule has 0 fully saturated rings. The SMILES string of the molecule is C=C(F)C(=O)Nc1ccc(-c2nn3ncnc(N)c3c2-c2ccc(Oc3nccc(C)n3)cc2)cc1. The molecule has 178 valence electrons. The molecule has 36 heavy (non-hydrogen) atoms. The maximum absolute atomic E-state index is 13.0. The molecular formula is C25H19FN8O2. The molecule has 0 aliphatic rings. The summed E-state index contributed by atoms with van der Waals surface area (Å²) < 4.78 is 20.2. The Hall–Kier alpha value is -5.19. The number of nitrogens with one attached hydrogen (secondary N) is 1. The normalized spacial score (nSPS) is 10.8. The highest BCUT2D eigenvalue weighted by molar-refractivity contribution is 6.02.